The molecular formula is C21H15NO5S. The third-order valence-electron chi connectivity index (χ3n) is 4.60. The van der Waals surface area contributed by atoms with Crippen molar-refractivity contribution in [2.45, 2.75) is 11.8 Å². The Kier molecular flexibility index (Phi) is 4.05. The highest BCUT2D eigenvalue weighted by atomic mass is 32.2. The summed E-state index contributed by atoms with van der Waals surface area (Å²) in [6.45, 7) is 1.83. The van der Waals surface area contributed by atoms with Crippen LogP contribution in [0.5, 0.6) is 5.75 Å². The number of hydrogen-bond donors (Lipinski definition) is 1. The molecule has 0 amide bonds. The Morgan fingerprint density at radius 3 is 2.04 bits per heavy atom. The largest absolute Gasteiger partial charge is 0.395 e. The zero-order valence-electron chi connectivity index (χ0n) is 14.8. The lowest BCUT2D eigenvalue weighted by molar-refractivity contribution is 0.0979. The van der Waals surface area contributed by atoms with Crippen molar-refractivity contribution in [1.29, 1.82) is 0 Å². The Labute approximate surface area is 161 Å². The van der Waals surface area contributed by atoms with E-state index in [1.807, 2.05) is 6.92 Å². The molecule has 0 radical (unpaired) electrons. The van der Waals surface area contributed by atoms with Crippen LogP contribution in [0.1, 0.15) is 37.4 Å². The summed E-state index contributed by atoms with van der Waals surface area (Å²) in [5.74, 6) is -0.981. The van der Waals surface area contributed by atoms with Gasteiger partial charge in [-0.2, -0.15) is 8.42 Å². The predicted octanol–water partition coefficient (Wildman–Crippen LogP) is 3.12. The summed E-state index contributed by atoms with van der Waals surface area (Å²) >= 11 is 0. The molecule has 6 nitrogen and oxygen atoms in total. The minimum absolute atomic E-state index is 0.0389. The molecule has 0 spiro atoms. The summed E-state index contributed by atoms with van der Waals surface area (Å²) in [4.78, 5) is 25.5. The number of hydrogen-bond acceptors (Lipinski definition) is 6. The molecule has 7 heteroatoms. The number of aryl methyl sites for hydroxylation is 1. The van der Waals surface area contributed by atoms with Gasteiger partial charge in [0.25, 0.3) is 0 Å². The zero-order valence-corrected chi connectivity index (χ0v) is 15.6. The summed E-state index contributed by atoms with van der Waals surface area (Å²) in [5, 5.41) is 0. The van der Waals surface area contributed by atoms with Gasteiger partial charge in [-0.25, -0.2) is 0 Å². The van der Waals surface area contributed by atoms with E-state index in [0.29, 0.717) is 5.56 Å². The lowest BCUT2D eigenvalue weighted by atomic mass is 9.83. The van der Waals surface area contributed by atoms with E-state index in [-0.39, 0.29) is 38.8 Å². The molecule has 0 fully saturated rings. The van der Waals surface area contributed by atoms with Crippen molar-refractivity contribution in [2.75, 3.05) is 5.73 Å². The number of carbonyl (C=O) groups is 2. The van der Waals surface area contributed by atoms with Crippen LogP contribution in [-0.4, -0.2) is 20.0 Å². The molecule has 1 aliphatic rings. The van der Waals surface area contributed by atoms with Gasteiger partial charge >= 0.3 is 10.1 Å². The van der Waals surface area contributed by atoms with Crippen molar-refractivity contribution in [2.24, 2.45) is 0 Å². The average molecular weight is 393 g/mol. The van der Waals surface area contributed by atoms with Crippen molar-refractivity contribution in [3.63, 3.8) is 0 Å². The number of carbonyl (C=O) groups excluding carboxylic acids is 2. The first-order valence-corrected chi connectivity index (χ1v) is 9.82. The van der Waals surface area contributed by atoms with Crippen LogP contribution in [-0.2, 0) is 10.1 Å². The molecule has 4 rings (SSSR count). The van der Waals surface area contributed by atoms with Crippen molar-refractivity contribution < 1.29 is 22.2 Å². The normalized spacial score (nSPS) is 13.0. The molecular weight excluding hydrogens is 378 g/mol. The van der Waals surface area contributed by atoms with E-state index >= 15 is 0 Å². The quantitative estimate of drug-likeness (QED) is 0.424. The highest BCUT2D eigenvalue weighted by Crippen LogP contribution is 2.36. The third kappa shape index (κ3) is 2.76. The number of benzene rings is 3. The summed E-state index contributed by atoms with van der Waals surface area (Å²) in [6.07, 6.45) is 0. The van der Waals surface area contributed by atoms with E-state index < -0.39 is 15.9 Å². The van der Waals surface area contributed by atoms with Gasteiger partial charge in [-0.1, -0.05) is 42.0 Å². The molecule has 0 heterocycles. The van der Waals surface area contributed by atoms with Crippen LogP contribution in [0.4, 0.5) is 5.69 Å². The lowest BCUT2D eigenvalue weighted by Gasteiger charge is -2.20. The minimum Gasteiger partial charge on any atom is -0.395 e. The molecule has 0 atom stereocenters. The van der Waals surface area contributed by atoms with E-state index in [1.54, 1.807) is 30.3 Å². The number of anilines is 1. The maximum absolute atomic E-state index is 12.9. The van der Waals surface area contributed by atoms with E-state index in [2.05, 4.69) is 0 Å². The molecule has 1 aliphatic carbocycles. The molecule has 0 aliphatic heterocycles. The molecule has 3 aromatic rings. The Balaban J connectivity index is 1.79. The Hall–Kier alpha value is -3.45. The number of nitrogen functional groups attached to an aromatic ring is 1. The lowest BCUT2D eigenvalue weighted by Crippen LogP contribution is -2.23. The molecule has 0 unspecified atom stereocenters. The monoisotopic (exact) mass is 393 g/mol. The number of rotatable bonds is 3. The number of ketones is 2. The van der Waals surface area contributed by atoms with Crippen molar-refractivity contribution in [3.8, 4) is 5.75 Å². The fraction of sp³-hybridized carbons (Fsp3) is 0.0476. The maximum Gasteiger partial charge on any atom is 0.339 e. The highest BCUT2D eigenvalue weighted by molar-refractivity contribution is 7.87. The van der Waals surface area contributed by atoms with Gasteiger partial charge in [-0.15, -0.1) is 0 Å². The molecule has 0 aromatic heterocycles. The van der Waals surface area contributed by atoms with Crippen LogP contribution in [0.25, 0.3) is 0 Å². The van der Waals surface area contributed by atoms with Gasteiger partial charge in [0.05, 0.1) is 11.3 Å². The fourth-order valence-electron chi connectivity index (χ4n) is 3.14. The Morgan fingerprint density at radius 1 is 0.786 bits per heavy atom. The maximum atomic E-state index is 12.9. The molecule has 28 heavy (non-hydrogen) atoms. The van der Waals surface area contributed by atoms with Gasteiger partial charge in [0, 0.05) is 16.7 Å². The second kappa shape index (κ2) is 6.31. The van der Waals surface area contributed by atoms with Gasteiger partial charge in [0.1, 0.15) is 4.90 Å². The van der Waals surface area contributed by atoms with E-state index in [9.17, 15) is 18.0 Å². The van der Waals surface area contributed by atoms with E-state index in [0.717, 1.165) is 5.56 Å². The minimum atomic E-state index is -4.15. The van der Waals surface area contributed by atoms with E-state index in [1.165, 1.54) is 30.3 Å². The Morgan fingerprint density at radius 2 is 1.39 bits per heavy atom. The van der Waals surface area contributed by atoms with E-state index in [4.69, 9.17) is 9.92 Å². The van der Waals surface area contributed by atoms with Gasteiger partial charge < -0.3 is 9.92 Å². The molecule has 0 bridgehead atoms. The average Bonchev–Trinajstić information content (AvgIpc) is 2.68. The second-order valence-corrected chi connectivity index (χ2v) is 8.00. The first-order valence-electron chi connectivity index (χ1n) is 8.41. The smallest absolute Gasteiger partial charge is 0.339 e. The fourth-order valence-corrected chi connectivity index (χ4v) is 4.08. The van der Waals surface area contributed by atoms with Crippen LogP contribution >= 0.6 is 0 Å². The van der Waals surface area contributed by atoms with Crippen LogP contribution in [0.15, 0.2) is 65.6 Å². The molecule has 140 valence electrons. The summed E-state index contributed by atoms with van der Waals surface area (Å²) in [5.41, 5.74) is 7.38. The predicted molar refractivity (Wildman–Crippen MR) is 103 cm³/mol. The highest BCUT2D eigenvalue weighted by Gasteiger charge is 2.33. The first-order chi connectivity index (χ1) is 13.3. The Bertz CT molecular complexity index is 1240. The first kappa shape index (κ1) is 17.9. The van der Waals surface area contributed by atoms with Gasteiger partial charge in [-0.05, 0) is 31.2 Å². The second-order valence-electron chi connectivity index (χ2n) is 6.45. The summed E-state index contributed by atoms with van der Waals surface area (Å²) in [6, 6.07) is 15.2. The zero-order chi connectivity index (χ0) is 20.1. The third-order valence-corrected chi connectivity index (χ3v) is 5.85. The SMILES string of the molecule is Cc1ccc(S(=O)(=O)Oc2ccc3c(c2N)C(=O)c2ccccc2C3=O)cc1. The molecule has 0 saturated heterocycles. The standard InChI is InChI=1S/C21H15NO5S/c1-12-6-8-13(9-7-12)28(25,26)27-17-11-10-16-18(19(17)22)21(24)15-5-3-2-4-14(15)20(16)23/h2-11H,22H2,1H3. The van der Waals surface area contributed by atoms with Crippen LogP contribution < -0.4 is 9.92 Å². The van der Waals surface area contributed by atoms with Crippen molar-refractivity contribution in [3.05, 3.63) is 88.5 Å². The number of fused-ring (bicyclic) bond motifs is 2. The van der Waals surface area contributed by atoms with Crippen LogP contribution in [0.2, 0.25) is 0 Å². The van der Waals surface area contributed by atoms with Crippen molar-refractivity contribution >= 4 is 27.4 Å². The summed E-state index contributed by atoms with van der Waals surface area (Å²) in [7, 11) is -4.15. The molecule has 0 saturated carbocycles. The van der Waals surface area contributed by atoms with Gasteiger partial charge in [0.15, 0.2) is 17.3 Å². The molecule has 3 aromatic carbocycles. The van der Waals surface area contributed by atoms with Crippen LogP contribution in [0, 0.1) is 6.92 Å². The number of nitrogens with two attached hydrogens (primary N) is 1. The van der Waals surface area contributed by atoms with Gasteiger partial charge in [0.2, 0.25) is 0 Å². The topological polar surface area (TPSA) is 104 Å². The summed E-state index contributed by atoms with van der Waals surface area (Å²) < 4.78 is 30.3. The molecule has 2 N–H and O–H groups in total. The van der Waals surface area contributed by atoms with Gasteiger partial charge in [-0.3, -0.25) is 9.59 Å². The van der Waals surface area contributed by atoms with Crippen molar-refractivity contribution in [1.82, 2.24) is 0 Å². The van der Waals surface area contributed by atoms with Crippen LogP contribution in [0.3, 0.4) is 0 Å².